The van der Waals surface area contributed by atoms with E-state index in [0.717, 1.165) is 6.08 Å². The van der Waals surface area contributed by atoms with Crippen molar-refractivity contribution < 1.29 is 17.9 Å². The van der Waals surface area contributed by atoms with Crippen LogP contribution in [0.1, 0.15) is 6.42 Å². The highest BCUT2D eigenvalue weighted by molar-refractivity contribution is 6.40. The molecule has 0 bridgehead atoms. The van der Waals surface area contributed by atoms with E-state index >= 15 is 0 Å². The molecular formula is C7H6Cl2F3NO. The normalized spacial score (nSPS) is 23.8. The molecule has 1 unspecified atom stereocenters. The van der Waals surface area contributed by atoms with Crippen molar-refractivity contribution in [3.05, 3.63) is 21.8 Å². The van der Waals surface area contributed by atoms with Crippen LogP contribution in [0.15, 0.2) is 21.8 Å². The second-order valence-corrected chi connectivity index (χ2v) is 3.52. The summed E-state index contributed by atoms with van der Waals surface area (Å²) in [6, 6.07) is 0. The fourth-order valence-electron chi connectivity index (χ4n) is 0.967. The fraction of sp³-hybridized carbons (Fsp3) is 0.429. The number of nitrogens with two attached hydrogens (primary N) is 1. The predicted octanol–water partition coefficient (Wildman–Crippen LogP) is 2.83. The summed E-state index contributed by atoms with van der Waals surface area (Å²) >= 11 is 11.1. The molecule has 0 fully saturated rings. The Hall–Kier alpha value is -0.390. The van der Waals surface area contributed by atoms with Crippen LogP contribution in [0.4, 0.5) is 13.2 Å². The Morgan fingerprint density at radius 1 is 1.43 bits per heavy atom. The second kappa shape index (κ2) is 4.00. The Bertz CT molecular complexity index is 298. The summed E-state index contributed by atoms with van der Waals surface area (Å²) in [5, 5.41) is 0.251. The van der Waals surface area contributed by atoms with Gasteiger partial charge in [0.2, 0.25) is 0 Å². The summed E-state index contributed by atoms with van der Waals surface area (Å²) in [4.78, 5) is 0. The molecule has 2 N–H and O–H groups in total. The molecule has 2 nitrogen and oxygen atoms in total. The Labute approximate surface area is 88.1 Å². The minimum atomic E-state index is -4.73. The molecule has 0 aliphatic heterocycles. The third-order valence-corrected chi connectivity index (χ3v) is 2.36. The van der Waals surface area contributed by atoms with Gasteiger partial charge in [-0.3, -0.25) is 4.74 Å². The average Bonchev–Trinajstić information content (AvgIpc) is 1.97. The molecular weight excluding hydrogens is 242 g/mol. The van der Waals surface area contributed by atoms with Crippen molar-refractivity contribution in [1.29, 1.82) is 0 Å². The van der Waals surface area contributed by atoms with Crippen molar-refractivity contribution in [3.8, 4) is 0 Å². The molecule has 0 saturated heterocycles. The van der Waals surface area contributed by atoms with Crippen LogP contribution in [-0.4, -0.2) is 12.5 Å². The maximum absolute atomic E-state index is 11.8. The Morgan fingerprint density at radius 3 is 2.50 bits per heavy atom. The highest BCUT2D eigenvalue weighted by Gasteiger charge is 2.36. The first-order chi connectivity index (χ1) is 6.29. The van der Waals surface area contributed by atoms with Gasteiger partial charge in [-0.1, -0.05) is 23.2 Å². The van der Waals surface area contributed by atoms with Crippen LogP contribution in [0.2, 0.25) is 0 Å². The van der Waals surface area contributed by atoms with Gasteiger partial charge in [-0.25, -0.2) is 0 Å². The standard InChI is InChI=1S/C7H6Cl2F3NO/c8-3-1-5(13)6(2-4(3)9)14-7(10,11)12/h1,6H,2,13H2. The molecule has 0 aromatic rings. The lowest BCUT2D eigenvalue weighted by atomic mass is 10.1. The van der Waals surface area contributed by atoms with Crippen LogP contribution in [0.5, 0.6) is 0 Å². The molecule has 0 heterocycles. The Morgan fingerprint density at radius 2 is 2.00 bits per heavy atom. The van der Waals surface area contributed by atoms with Crippen LogP contribution >= 0.6 is 23.2 Å². The lowest BCUT2D eigenvalue weighted by Gasteiger charge is -2.22. The molecule has 0 saturated carbocycles. The molecule has 14 heavy (non-hydrogen) atoms. The predicted molar refractivity (Wildman–Crippen MR) is 46.5 cm³/mol. The topological polar surface area (TPSA) is 35.2 Å². The van der Waals surface area contributed by atoms with Crippen molar-refractivity contribution in [3.63, 3.8) is 0 Å². The van der Waals surface area contributed by atoms with Gasteiger partial charge in [0.05, 0.1) is 5.03 Å². The largest absolute Gasteiger partial charge is 0.523 e. The molecule has 0 radical (unpaired) electrons. The van der Waals surface area contributed by atoms with Gasteiger partial charge in [-0.2, -0.15) is 0 Å². The van der Waals surface area contributed by atoms with Crippen molar-refractivity contribution in [2.45, 2.75) is 18.9 Å². The summed E-state index contributed by atoms with van der Waals surface area (Å²) in [6.45, 7) is 0. The molecule has 7 heteroatoms. The Balaban J connectivity index is 2.74. The summed E-state index contributed by atoms with van der Waals surface area (Å²) in [5.74, 6) is 0. The van der Waals surface area contributed by atoms with Crippen molar-refractivity contribution in [2.24, 2.45) is 5.73 Å². The van der Waals surface area contributed by atoms with Gasteiger partial charge in [-0.15, -0.1) is 13.2 Å². The molecule has 1 atom stereocenters. The first-order valence-corrected chi connectivity index (χ1v) is 4.31. The smallest absolute Gasteiger partial charge is 0.400 e. The average molecular weight is 248 g/mol. The van der Waals surface area contributed by atoms with Crippen LogP contribution < -0.4 is 5.73 Å². The molecule has 1 aliphatic rings. The summed E-state index contributed by atoms with van der Waals surface area (Å²) < 4.78 is 39.3. The quantitative estimate of drug-likeness (QED) is 0.774. The number of hydrogen-bond donors (Lipinski definition) is 1. The lowest BCUT2D eigenvalue weighted by molar-refractivity contribution is -0.337. The maximum Gasteiger partial charge on any atom is 0.523 e. The highest BCUT2D eigenvalue weighted by atomic mass is 35.5. The molecule has 0 spiro atoms. The van der Waals surface area contributed by atoms with Gasteiger partial charge in [0.1, 0.15) is 6.10 Å². The fourth-order valence-corrected chi connectivity index (χ4v) is 1.36. The van der Waals surface area contributed by atoms with Crippen molar-refractivity contribution in [2.75, 3.05) is 0 Å². The highest BCUT2D eigenvalue weighted by Crippen LogP contribution is 2.32. The zero-order valence-corrected chi connectivity index (χ0v) is 8.25. The molecule has 1 rings (SSSR count). The van der Waals surface area contributed by atoms with Gasteiger partial charge in [0, 0.05) is 17.2 Å². The van der Waals surface area contributed by atoms with E-state index in [4.69, 9.17) is 28.9 Å². The zero-order chi connectivity index (χ0) is 10.9. The van der Waals surface area contributed by atoms with E-state index in [2.05, 4.69) is 4.74 Å². The van der Waals surface area contributed by atoms with Crippen molar-refractivity contribution >= 4 is 23.2 Å². The summed E-state index contributed by atoms with van der Waals surface area (Å²) in [7, 11) is 0. The maximum atomic E-state index is 11.8. The third-order valence-electron chi connectivity index (χ3n) is 1.56. The minimum Gasteiger partial charge on any atom is -0.400 e. The molecule has 80 valence electrons. The van der Waals surface area contributed by atoms with E-state index in [0.29, 0.717) is 0 Å². The SMILES string of the molecule is NC1=CC(Cl)=C(Cl)CC1OC(F)(F)F. The van der Waals surface area contributed by atoms with E-state index in [9.17, 15) is 13.2 Å². The minimum absolute atomic E-state index is 0.0864. The number of alkyl halides is 3. The number of halogens is 5. The summed E-state index contributed by atoms with van der Waals surface area (Å²) in [6.07, 6.45) is -5.03. The lowest BCUT2D eigenvalue weighted by Crippen LogP contribution is -2.30. The van der Waals surface area contributed by atoms with Crippen LogP contribution in [0, 0.1) is 0 Å². The van der Waals surface area contributed by atoms with E-state index < -0.39 is 12.5 Å². The van der Waals surface area contributed by atoms with Gasteiger partial charge < -0.3 is 5.73 Å². The van der Waals surface area contributed by atoms with E-state index in [-0.39, 0.29) is 22.2 Å². The zero-order valence-electron chi connectivity index (χ0n) is 6.74. The van der Waals surface area contributed by atoms with Crippen LogP contribution in [-0.2, 0) is 4.74 Å². The number of hydrogen-bond acceptors (Lipinski definition) is 2. The van der Waals surface area contributed by atoms with Gasteiger partial charge in [0.15, 0.2) is 0 Å². The molecule has 0 aromatic carbocycles. The Kier molecular flexibility index (Phi) is 3.34. The second-order valence-electron chi connectivity index (χ2n) is 2.65. The summed E-state index contributed by atoms with van der Waals surface area (Å²) in [5.41, 5.74) is 5.21. The number of ether oxygens (including phenoxy) is 1. The van der Waals surface area contributed by atoms with E-state index in [1.165, 1.54) is 0 Å². The number of rotatable bonds is 1. The van der Waals surface area contributed by atoms with Gasteiger partial charge >= 0.3 is 6.36 Å². The molecule has 0 aromatic heterocycles. The number of allylic oxidation sites excluding steroid dienone is 2. The van der Waals surface area contributed by atoms with Gasteiger partial charge in [-0.05, 0) is 6.08 Å². The molecule has 1 aliphatic carbocycles. The molecule has 0 amide bonds. The van der Waals surface area contributed by atoms with Crippen LogP contribution in [0.25, 0.3) is 0 Å². The third kappa shape index (κ3) is 3.08. The monoisotopic (exact) mass is 247 g/mol. The van der Waals surface area contributed by atoms with Crippen LogP contribution in [0.3, 0.4) is 0 Å². The first kappa shape index (κ1) is 11.7. The van der Waals surface area contributed by atoms with Gasteiger partial charge in [0.25, 0.3) is 0 Å². The van der Waals surface area contributed by atoms with E-state index in [1.807, 2.05) is 0 Å². The van der Waals surface area contributed by atoms with Crippen molar-refractivity contribution in [1.82, 2.24) is 0 Å². The van der Waals surface area contributed by atoms with E-state index in [1.54, 1.807) is 0 Å². The first-order valence-electron chi connectivity index (χ1n) is 3.55.